The molecule has 0 aliphatic heterocycles. The fraction of sp³-hybridized carbons (Fsp3) is 0.368. The highest BCUT2D eigenvalue weighted by atomic mass is 16.5. The first-order chi connectivity index (χ1) is 10.2. The Kier molecular flexibility index (Phi) is 8.03. The number of hydrogen-bond acceptors (Lipinski definition) is 2. The van der Waals surface area contributed by atoms with Gasteiger partial charge in [-0.3, -0.25) is 0 Å². The van der Waals surface area contributed by atoms with Crippen LogP contribution in [-0.2, 0) is 6.42 Å². The molecule has 21 heavy (non-hydrogen) atoms. The Balaban J connectivity index is 0.000000211. The standard InChI is InChI=1S/C10H14O.C9H12O/c1-3-9-5-7-10(8-6-9)11-4-2;1-3-10-9-6-4-8(2)5-7-9/h5-8H,3-4H2,1-2H3;4-7H,3H2,1-2H3. The monoisotopic (exact) mass is 286 g/mol. The summed E-state index contributed by atoms with van der Waals surface area (Å²) in [5.41, 5.74) is 2.62. The van der Waals surface area contributed by atoms with Gasteiger partial charge < -0.3 is 9.47 Å². The molecular weight excluding hydrogens is 260 g/mol. The lowest BCUT2D eigenvalue weighted by Gasteiger charge is -2.02. The molecule has 0 aromatic heterocycles. The molecule has 0 heterocycles. The van der Waals surface area contributed by atoms with E-state index in [9.17, 15) is 0 Å². The lowest BCUT2D eigenvalue weighted by atomic mass is 10.2. The fourth-order valence-corrected chi connectivity index (χ4v) is 1.79. The molecule has 2 aromatic carbocycles. The van der Waals surface area contributed by atoms with Gasteiger partial charge in [0.1, 0.15) is 11.5 Å². The van der Waals surface area contributed by atoms with Gasteiger partial charge in [-0.05, 0) is 57.0 Å². The Labute approximate surface area is 128 Å². The van der Waals surface area contributed by atoms with Gasteiger partial charge in [-0.25, -0.2) is 0 Å². The van der Waals surface area contributed by atoms with Crippen LogP contribution in [0.5, 0.6) is 11.5 Å². The van der Waals surface area contributed by atoms with Crippen LogP contribution in [0.1, 0.15) is 31.9 Å². The van der Waals surface area contributed by atoms with Crippen LogP contribution in [0.3, 0.4) is 0 Å². The van der Waals surface area contributed by atoms with Crippen LogP contribution in [0.4, 0.5) is 0 Å². The Morgan fingerprint density at radius 3 is 1.48 bits per heavy atom. The summed E-state index contributed by atoms with van der Waals surface area (Å²) in [6.45, 7) is 9.67. The van der Waals surface area contributed by atoms with Crippen molar-refractivity contribution >= 4 is 0 Å². The van der Waals surface area contributed by atoms with E-state index in [2.05, 4.69) is 26.0 Å². The largest absolute Gasteiger partial charge is 0.494 e. The third-order valence-corrected chi connectivity index (χ3v) is 2.97. The highest BCUT2D eigenvalue weighted by molar-refractivity contribution is 5.27. The minimum atomic E-state index is 0.739. The van der Waals surface area contributed by atoms with E-state index < -0.39 is 0 Å². The molecule has 0 radical (unpaired) electrons. The molecule has 0 aliphatic rings. The highest BCUT2D eigenvalue weighted by Gasteiger charge is 1.91. The molecule has 0 atom stereocenters. The molecule has 0 saturated heterocycles. The first kappa shape index (κ1) is 17.1. The van der Waals surface area contributed by atoms with Gasteiger partial charge in [0.25, 0.3) is 0 Å². The van der Waals surface area contributed by atoms with Crippen LogP contribution in [0.25, 0.3) is 0 Å². The van der Waals surface area contributed by atoms with Crippen molar-refractivity contribution in [3.8, 4) is 11.5 Å². The van der Waals surface area contributed by atoms with E-state index in [1.807, 2.05) is 50.2 Å². The van der Waals surface area contributed by atoms with Gasteiger partial charge in [-0.15, -0.1) is 0 Å². The van der Waals surface area contributed by atoms with Crippen LogP contribution in [0.2, 0.25) is 0 Å². The van der Waals surface area contributed by atoms with E-state index in [0.29, 0.717) is 0 Å². The molecule has 0 spiro atoms. The van der Waals surface area contributed by atoms with Gasteiger partial charge in [0.2, 0.25) is 0 Å². The third-order valence-electron chi connectivity index (χ3n) is 2.97. The lowest BCUT2D eigenvalue weighted by molar-refractivity contribution is 0.340. The molecule has 0 N–H and O–H groups in total. The SMILES string of the molecule is CCOc1ccc(C)cc1.CCOc1ccc(CC)cc1. The van der Waals surface area contributed by atoms with Crippen molar-refractivity contribution in [1.29, 1.82) is 0 Å². The summed E-state index contributed by atoms with van der Waals surface area (Å²) in [6.07, 6.45) is 1.09. The molecule has 0 saturated carbocycles. The lowest BCUT2D eigenvalue weighted by Crippen LogP contribution is -1.90. The normalized spacial score (nSPS) is 9.52. The second-order valence-electron chi connectivity index (χ2n) is 4.68. The topological polar surface area (TPSA) is 18.5 Å². The summed E-state index contributed by atoms with van der Waals surface area (Å²) < 4.78 is 10.6. The quantitative estimate of drug-likeness (QED) is 0.766. The zero-order valence-corrected chi connectivity index (χ0v) is 13.6. The molecule has 0 bridgehead atoms. The van der Waals surface area contributed by atoms with Crippen molar-refractivity contribution < 1.29 is 9.47 Å². The van der Waals surface area contributed by atoms with E-state index >= 15 is 0 Å². The first-order valence-electron chi connectivity index (χ1n) is 7.60. The van der Waals surface area contributed by atoms with Crippen molar-refractivity contribution in [2.24, 2.45) is 0 Å². The molecule has 2 heteroatoms. The van der Waals surface area contributed by atoms with E-state index in [0.717, 1.165) is 31.1 Å². The van der Waals surface area contributed by atoms with Crippen molar-refractivity contribution in [2.45, 2.75) is 34.1 Å². The number of aryl methyl sites for hydroxylation is 2. The Hall–Kier alpha value is -1.96. The van der Waals surface area contributed by atoms with Crippen LogP contribution in [-0.4, -0.2) is 13.2 Å². The van der Waals surface area contributed by atoms with Crippen molar-refractivity contribution in [3.63, 3.8) is 0 Å². The van der Waals surface area contributed by atoms with E-state index in [-0.39, 0.29) is 0 Å². The summed E-state index contributed by atoms with van der Waals surface area (Å²) in [6, 6.07) is 16.3. The average Bonchev–Trinajstić information content (AvgIpc) is 2.52. The average molecular weight is 286 g/mol. The number of ether oxygens (including phenoxy) is 2. The molecule has 114 valence electrons. The molecule has 0 unspecified atom stereocenters. The van der Waals surface area contributed by atoms with Gasteiger partial charge in [0.05, 0.1) is 13.2 Å². The maximum Gasteiger partial charge on any atom is 0.119 e. The Morgan fingerprint density at radius 2 is 1.10 bits per heavy atom. The molecule has 0 amide bonds. The van der Waals surface area contributed by atoms with Crippen LogP contribution < -0.4 is 9.47 Å². The molecule has 2 aromatic rings. The number of hydrogen-bond donors (Lipinski definition) is 0. The maximum atomic E-state index is 5.31. The minimum Gasteiger partial charge on any atom is -0.494 e. The van der Waals surface area contributed by atoms with Crippen LogP contribution in [0, 0.1) is 6.92 Å². The molecule has 0 aliphatic carbocycles. The van der Waals surface area contributed by atoms with Gasteiger partial charge in [0, 0.05) is 0 Å². The molecular formula is C19H26O2. The fourth-order valence-electron chi connectivity index (χ4n) is 1.79. The van der Waals surface area contributed by atoms with E-state index in [4.69, 9.17) is 9.47 Å². The summed E-state index contributed by atoms with van der Waals surface area (Å²) in [7, 11) is 0. The zero-order valence-electron chi connectivity index (χ0n) is 13.6. The zero-order chi connectivity index (χ0) is 15.5. The first-order valence-corrected chi connectivity index (χ1v) is 7.60. The van der Waals surface area contributed by atoms with Crippen LogP contribution in [0.15, 0.2) is 48.5 Å². The second kappa shape index (κ2) is 9.87. The molecule has 2 nitrogen and oxygen atoms in total. The second-order valence-corrected chi connectivity index (χ2v) is 4.68. The summed E-state index contributed by atoms with van der Waals surface area (Å²) in [4.78, 5) is 0. The molecule has 2 rings (SSSR count). The van der Waals surface area contributed by atoms with Crippen molar-refractivity contribution in [3.05, 3.63) is 59.7 Å². The third kappa shape index (κ3) is 6.84. The van der Waals surface area contributed by atoms with Gasteiger partial charge in [0.15, 0.2) is 0 Å². The van der Waals surface area contributed by atoms with Gasteiger partial charge >= 0.3 is 0 Å². The smallest absolute Gasteiger partial charge is 0.119 e. The summed E-state index contributed by atoms with van der Waals surface area (Å²) in [5, 5.41) is 0. The number of benzene rings is 2. The predicted octanol–water partition coefficient (Wildman–Crippen LogP) is 5.04. The van der Waals surface area contributed by atoms with Gasteiger partial charge in [-0.2, -0.15) is 0 Å². The van der Waals surface area contributed by atoms with E-state index in [1.165, 1.54) is 11.1 Å². The summed E-state index contributed by atoms with van der Waals surface area (Å²) in [5.74, 6) is 1.91. The minimum absolute atomic E-state index is 0.739. The Bertz CT molecular complexity index is 486. The predicted molar refractivity (Wildman–Crippen MR) is 89.3 cm³/mol. The maximum absolute atomic E-state index is 5.31. The van der Waals surface area contributed by atoms with Gasteiger partial charge in [-0.1, -0.05) is 36.8 Å². The number of rotatable bonds is 5. The Morgan fingerprint density at radius 1 is 0.667 bits per heavy atom. The van der Waals surface area contributed by atoms with Crippen molar-refractivity contribution in [1.82, 2.24) is 0 Å². The summed E-state index contributed by atoms with van der Waals surface area (Å²) >= 11 is 0. The van der Waals surface area contributed by atoms with Crippen molar-refractivity contribution in [2.75, 3.05) is 13.2 Å². The van der Waals surface area contributed by atoms with E-state index in [1.54, 1.807) is 0 Å². The van der Waals surface area contributed by atoms with Crippen LogP contribution >= 0.6 is 0 Å². The highest BCUT2D eigenvalue weighted by Crippen LogP contribution is 2.12. The molecule has 0 fully saturated rings.